The zero-order chi connectivity index (χ0) is 19.1. The van der Waals surface area contributed by atoms with Crippen LogP contribution >= 0.6 is 24.0 Å². The maximum Gasteiger partial charge on any atom is 0.267 e. The van der Waals surface area contributed by atoms with Crippen LogP contribution in [0.3, 0.4) is 0 Å². The Labute approximate surface area is 165 Å². The first kappa shape index (κ1) is 18.1. The monoisotopic (exact) mass is 402 g/mol. The van der Waals surface area contributed by atoms with E-state index >= 15 is 0 Å². The molecule has 0 saturated carbocycles. The van der Waals surface area contributed by atoms with Crippen LogP contribution in [0, 0.1) is 6.92 Å². The molecule has 0 radical (unpaired) electrons. The van der Waals surface area contributed by atoms with Gasteiger partial charge in [0.05, 0.1) is 23.7 Å². The van der Waals surface area contributed by atoms with Crippen LogP contribution in [0.4, 0.5) is 5.82 Å². The molecule has 7 nitrogen and oxygen atoms in total. The number of hydrogen-bond donors (Lipinski definition) is 0. The van der Waals surface area contributed by atoms with Crippen LogP contribution < -0.4 is 10.5 Å². The number of likely N-dealkylation sites (N-methyl/N-ethyl adjacent to an activating group) is 1. The van der Waals surface area contributed by atoms with Crippen LogP contribution in [0.25, 0.3) is 11.7 Å². The number of aryl methyl sites for hydroxylation is 1. The second kappa shape index (κ2) is 7.06. The molecule has 2 fully saturated rings. The van der Waals surface area contributed by atoms with Crippen molar-refractivity contribution >= 4 is 51.7 Å². The number of pyridine rings is 1. The third-order valence-corrected chi connectivity index (χ3v) is 6.04. The quantitative estimate of drug-likeness (QED) is 0.559. The van der Waals surface area contributed by atoms with E-state index < -0.39 is 0 Å². The maximum atomic E-state index is 13.3. The fraction of sp³-hybridized carbons (Fsp3) is 0.333. The molecular weight excluding hydrogens is 384 g/mol. The number of fused-ring (bicyclic) bond motifs is 1. The Morgan fingerprint density at radius 1 is 1.26 bits per heavy atom. The molecule has 0 N–H and O–H groups in total. The normalized spacial score (nSPS) is 19.6. The molecule has 0 atom stereocenters. The summed E-state index contributed by atoms with van der Waals surface area (Å²) in [5.41, 5.74) is 1.73. The molecule has 2 saturated heterocycles. The highest BCUT2D eigenvalue weighted by molar-refractivity contribution is 8.26. The van der Waals surface area contributed by atoms with Crippen LogP contribution in [-0.2, 0) is 9.53 Å². The van der Waals surface area contributed by atoms with E-state index in [0.717, 1.165) is 5.56 Å². The highest BCUT2D eigenvalue weighted by Gasteiger charge is 2.30. The molecule has 2 aliphatic heterocycles. The molecule has 27 heavy (non-hydrogen) atoms. The number of morpholine rings is 1. The summed E-state index contributed by atoms with van der Waals surface area (Å²) >= 11 is 6.40. The molecule has 140 valence electrons. The predicted octanol–water partition coefficient (Wildman–Crippen LogP) is 1.67. The van der Waals surface area contributed by atoms with Gasteiger partial charge < -0.3 is 9.64 Å². The molecule has 2 aliphatic rings. The second-order valence-electron chi connectivity index (χ2n) is 6.43. The number of hydrogen-bond acceptors (Lipinski definition) is 7. The molecule has 0 spiro atoms. The van der Waals surface area contributed by atoms with Gasteiger partial charge in [-0.25, -0.2) is 4.98 Å². The van der Waals surface area contributed by atoms with E-state index in [1.54, 1.807) is 19.3 Å². The molecule has 0 bridgehead atoms. The lowest BCUT2D eigenvalue weighted by atomic mass is 10.2. The van der Waals surface area contributed by atoms with Crippen molar-refractivity contribution in [3.05, 3.63) is 44.7 Å². The van der Waals surface area contributed by atoms with Crippen molar-refractivity contribution in [3.63, 3.8) is 0 Å². The Kier molecular flexibility index (Phi) is 4.75. The SMILES string of the molecule is Cc1ccc2nc(N3CCOCC3)c(/C=C3/SC(=S)N(C)C3=O)c(=O)n2c1. The van der Waals surface area contributed by atoms with E-state index in [4.69, 9.17) is 21.9 Å². The zero-order valence-corrected chi connectivity index (χ0v) is 16.6. The van der Waals surface area contributed by atoms with Crippen molar-refractivity contribution in [1.29, 1.82) is 0 Å². The van der Waals surface area contributed by atoms with Gasteiger partial charge in [-0.15, -0.1) is 0 Å². The van der Waals surface area contributed by atoms with Gasteiger partial charge in [0.1, 0.15) is 15.8 Å². The van der Waals surface area contributed by atoms with Crippen molar-refractivity contribution < 1.29 is 9.53 Å². The van der Waals surface area contributed by atoms with Crippen LogP contribution in [0.1, 0.15) is 11.1 Å². The van der Waals surface area contributed by atoms with Crippen LogP contribution in [-0.4, -0.2) is 57.9 Å². The number of carbonyl (C=O) groups is 1. The highest BCUT2D eigenvalue weighted by Crippen LogP contribution is 2.32. The van der Waals surface area contributed by atoms with Gasteiger partial charge in [0.15, 0.2) is 0 Å². The second-order valence-corrected chi connectivity index (χ2v) is 8.10. The summed E-state index contributed by atoms with van der Waals surface area (Å²) in [7, 11) is 1.64. The van der Waals surface area contributed by atoms with Crippen LogP contribution in [0.15, 0.2) is 28.0 Å². The van der Waals surface area contributed by atoms with Crippen LogP contribution in [0.5, 0.6) is 0 Å². The van der Waals surface area contributed by atoms with Crippen LogP contribution in [0.2, 0.25) is 0 Å². The molecular formula is C18H18N4O3S2. The molecule has 4 heterocycles. The number of rotatable bonds is 2. The lowest BCUT2D eigenvalue weighted by molar-refractivity contribution is -0.121. The first-order valence-electron chi connectivity index (χ1n) is 8.53. The van der Waals surface area contributed by atoms with E-state index in [0.29, 0.717) is 52.6 Å². The predicted molar refractivity (Wildman–Crippen MR) is 110 cm³/mol. The van der Waals surface area contributed by atoms with Gasteiger partial charge in [-0.3, -0.25) is 18.9 Å². The highest BCUT2D eigenvalue weighted by atomic mass is 32.2. The van der Waals surface area contributed by atoms with Gasteiger partial charge in [-0.05, 0) is 24.6 Å². The number of anilines is 1. The topological polar surface area (TPSA) is 67.2 Å². The largest absolute Gasteiger partial charge is 0.378 e. The number of aromatic nitrogens is 2. The summed E-state index contributed by atoms with van der Waals surface area (Å²) in [6.45, 7) is 4.36. The van der Waals surface area contributed by atoms with E-state index in [9.17, 15) is 9.59 Å². The zero-order valence-electron chi connectivity index (χ0n) is 15.0. The van der Waals surface area contributed by atoms with Crippen molar-refractivity contribution in [1.82, 2.24) is 14.3 Å². The van der Waals surface area contributed by atoms with Gasteiger partial charge in [-0.2, -0.15) is 0 Å². The summed E-state index contributed by atoms with van der Waals surface area (Å²) in [6, 6.07) is 3.75. The number of carbonyl (C=O) groups excluding carboxylic acids is 1. The maximum absolute atomic E-state index is 13.3. The van der Waals surface area contributed by atoms with Crippen molar-refractivity contribution in [2.75, 3.05) is 38.3 Å². The molecule has 0 unspecified atom stereocenters. The minimum absolute atomic E-state index is 0.202. The van der Waals surface area contributed by atoms with Gasteiger partial charge in [0.2, 0.25) is 0 Å². The summed E-state index contributed by atoms with van der Waals surface area (Å²) in [5, 5.41) is 0. The van der Waals surface area contributed by atoms with E-state index in [1.165, 1.54) is 21.1 Å². The molecule has 1 amide bonds. The van der Waals surface area contributed by atoms with E-state index in [2.05, 4.69) is 0 Å². The van der Waals surface area contributed by atoms with Crippen molar-refractivity contribution in [3.8, 4) is 0 Å². The fourth-order valence-corrected chi connectivity index (χ4v) is 4.23. The first-order chi connectivity index (χ1) is 13.0. The van der Waals surface area contributed by atoms with E-state index in [1.807, 2.05) is 24.0 Å². The third-order valence-electron chi connectivity index (χ3n) is 4.56. The van der Waals surface area contributed by atoms with Crippen molar-refractivity contribution in [2.24, 2.45) is 0 Å². The van der Waals surface area contributed by atoms with E-state index in [-0.39, 0.29) is 11.5 Å². The summed E-state index contributed by atoms with van der Waals surface area (Å²) in [5.74, 6) is 0.375. The number of nitrogens with zero attached hydrogens (tertiary/aromatic N) is 4. The standard InChI is InChI=1S/C18H18N4O3S2/c1-11-3-4-14-19-15(21-5-7-25-8-6-21)12(16(23)22(14)10-11)9-13-17(24)20(2)18(26)27-13/h3-4,9-10H,5-8H2,1-2H3/b13-9+. The minimum Gasteiger partial charge on any atom is -0.378 e. The third kappa shape index (κ3) is 3.26. The molecule has 2 aromatic rings. The average molecular weight is 403 g/mol. The molecule has 2 aromatic heterocycles. The van der Waals surface area contributed by atoms with Gasteiger partial charge in [0.25, 0.3) is 11.5 Å². The smallest absolute Gasteiger partial charge is 0.267 e. The molecule has 9 heteroatoms. The van der Waals surface area contributed by atoms with Gasteiger partial charge >= 0.3 is 0 Å². The Balaban J connectivity index is 1.93. The summed E-state index contributed by atoms with van der Waals surface area (Å²) in [4.78, 5) is 34.3. The molecule has 4 rings (SSSR count). The number of ether oxygens (including phenoxy) is 1. The molecule has 0 aliphatic carbocycles. The lowest BCUT2D eigenvalue weighted by Crippen LogP contribution is -2.38. The summed E-state index contributed by atoms with van der Waals surface area (Å²) < 4.78 is 7.42. The minimum atomic E-state index is -0.202. The lowest BCUT2D eigenvalue weighted by Gasteiger charge is -2.29. The summed E-state index contributed by atoms with van der Waals surface area (Å²) in [6.07, 6.45) is 3.38. The number of thioether (sulfide) groups is 1. The number of thiocarbonyl (C=S) groups is 1. The number of amides is 1. The van der Waals surface area contributed by atoms with Gasteiger partial charge in [-0.1, -0.05) is 30.0 Å². The fourth-order valence-electron chi connectivity index (χ4n) is 3.07. The Hall–Kier alpha value is -2.23. The van der Waals surface area contributed by atoms with Crippen molar-refractivity contribution in [2.45, 2.75) is 6.92 Å². The first-order valence-corrected chi connectivity index (χ1v) is 9.75. The Morgan fingerprint density at radius 3 is 2.67 bits per heavy atom. The molecule has 0 aromatic carbocycles. The van der Waals surface area contributed by atoms with Gasteiger partial charge in [0, 0.05) is 26.3 Å². The Bertz CT molecular complexity index is 1040. The average Bonchev–Trinajstić information content (AvgIpc) is 2.92. The Morgan fingerprint density at radius 2 is 2.00 bits per heavy atom.